The number of halogens is 1. The van der Waals surface area contributed by atoms with Crippen LogP contribution in [0.2, 0.25) is 5.02 Å². The van der Waals surface area contributed by atoms with Crippen molar-refractivity contribution in [1.82, 2.24) is 15.1 Å². The lowest BCUT2D eigenvalue weighted by molar-refractivity contribution is 0.199. The molecule has 0 spiro atoms. The second-order valence-electron chi connectivity index (χ2n) is 4.01. The van der Waals surface area contributed by atoms with Crippen LogP contribution in [0.3, 0.4) is 0 Å². The molecular weight excluding hydrogens is 238 g/mol. The fourth-order valence-electron chi connectivity index (χ4n) is 1.72. The van der Waals surface area contributed by atoms with E-state index in [0.717, 1.165) is 56.2 Å². The van der Waals surface area contributed by atoms with Crippen LogP contribution in [0.25, 0.3) is 0 Å². The third-order valence-corrected chi connectivity index (χ3v) is 2.90. The van der Waals surface area contributed by atoms with Crippen molar-refractivity contribution in [2.45, 2.75) is 32.7 Å². The Bertz CT molecular complexity index is 315. The van der Waals surface area contributed by atoms with Gasteiger partial charge in [-0.2, -0.15) is 5.10 Å². The molecule has 0 saturated heterocycles. The van der Waals surface area contributed by atoms with E-state index in [0.29, 0.717) is 0 Å². The molecule has 1 N–H and O–H groups in total. The maximum atomic E-state index is 6.12. The van der Waals surface area contributed by atoms with Crippen molar-refractivity contribution in [3.05, 3.63) is 16.9 Å². The van der Waals surface area contributed by atoms with Gasteiger partial charge in [0.1, 0.15) is 0 Å². The molecule has 4 nitrogen and oxygen atoms in total. The first kappa shape index (κ1) is 14.5. The summed E-state index contributed by atoms with van der Waals surface area (Å²) in [4.78, 5) is 0. The van der Waals surface area contributed by atoms with E-state index >= 15 is 0 Å². The largest absolute Gasteiger partial charge is 0.383 e. The molecule has 0 saturated carbocycles. The van der Waals surface area contributed by atoms with Crippen molar-refractivity contribution >= 4 is 11.6 Å². The maximum absolute atomic E-state index is 6.12. The van der Waals surface area contributed by atoms with E-state index in [1.54, 1.807) is 13.3 Å². The molecule has 5 heteroatoms. The summed E-state index contributed by atoms with van der Waals surface area (Å²) in [5.74, 6) is 0. The molecule has 1 aromatic heterocycles. The van der Waals surface area contributed by atoms with Crippen molar-refractivity contribution in [3.8, 4) is 0 Å². The highest BCUT2D eigenvalue weighted by Gasteiger charge is 2.07. The van der Waals surface area contributed by atoms with Gasteiger partial charge >= 0.3 is 0 Å². The zero-order valence-electron chi connectivity index (χ0n) is 10.7. The van der Waals surface area contributed by atoms with Crippen molar-refractivity contribution in [1.29, 1.82) is 0 Å². The smallest absolute Gasteiger partial charge is 0.0817 e. The summed E-state index contributed by atoms with van der Waals surface area (Å²) in [6.45, 7) is 5.73. The Morgan fingerprint density at radius 1 is 1.47 bits per heavy atom. The molecule has 1 rings (SSSR count). The summed E-state index contributed by atoms with van der Waals surface area (Å²) < 4.78 is 6.98. The van der Waals surface area contributed by atoms with Crippen LogP contribution in [-0.2, 0) is 17.7 Å². The van der Waals surface area contributed by atoms with Crippen LogP contribution < -0.4 is 5.32 Å². The Hall–Kier alpha value is -0.580. The number of aryl methyl sites for hydroxylation is 1. The van der Waals surface area contributed by atoms with Crippen molar-refractivity contribution in [2.75, 3.05) is 26.8 Å². The lowest BCUT2D eigenvalue weighted by Crippen LogP contribution is -2.21. The number of methoxy groups -OCH3 is 1. The van der Waals surface area contributed by atoms with Gasteiger partial charge in [0.05, 0.1) is 23.5 Å². The second kappa shape index (κ2) is 8.50. The molecule has 98 valence electrons. The molecule has 0 atom stereocenters. The molecule has 17 heavy (non-hydrogen) atoms. The summed E-state index contributed by atoms with van der Waals surface area (Å²) in [6.07, 6.45) is 4.86. The van der Waals surface area contributed by atoms with Gasteiger partial charge in [0.2, 0.25) is 0 Å². The molecule has 1 heterocycles. The van der Waals surface area contributed by atoms with Crippen LogP contribution >= 0.6 is 11.6 Å². The Balaban J connectivity index is 2.27. The van der Waals surface area contributed by atoms with Crippen LogP contribution in [0.4, 0.5) is 0 Å². The Labute approximate surface area is 108 Å². The molecule has 0 amide bonds. The van der Waals surface area contributed by atoms with Crippen molar-refractivity contribution in [2.24, 2.45) is 0 Å². The number of ether oxygens (including phenoxy) is 1. The normalized spacial score (nSPS) is 11.0. The lowest BCUT2D eigenvalue weighted by atomic mass is 10.2. The van der Waals surface area contributed by atoms with Crippen molar-refractivity contribution in [3.63, 3.8) is 0 Å². The molecule has 0 fully saturated rings. The van der Waals surface area contributed by atoms with Gasteiger partial charge in [-0.25, -0.2) is 0 Å². The average Bonchev–Trinajstić information content (AvgIpc) is 2.66. The maximum Gasteiger partial charge on any atom is 0.0817 e. The van der Waals surface area contributed by atoms with E-state index < -0.39 is 0 Å². The number of hydrogen-bond donors (Lipinski definition) is 1. The van der Waals surface area contributed by atoms with E-state index in [9.17, 15) is 0 Å². The van der Waals surface area contributed by atoms with E-state index in [2.05, 4.69) is 17.3 Å². The third kappa shape index (κ3) is 5.06. The first-order valence-corrected chi connectivity index (χ1v) is 6.57. The Morgan fingerprint density at radius 2 is 2.29 bits per heavy atom. The van der Waals surface area contributed by atoms with Gasteiger partial charge in [-0.05, 0) is 25.8 Å². The Morgan fingerprint density at radius 3 is 3.00 bits per heavy atom. The molecule has 1 aromatic rings. The zero-order chi connectivity index (χ0) is 12.5. The predicted molar refractivity (Wildman–Crippen MR) is 70.6 cm³/mol. The van der Waals surface area contributed by atoms with E-state index in [4.69, 9.17) is 16.3 Å². The monoisotopic (exact) mass is 259 g/mol. The quantitative estimate of drug-likeness (QED) is 0.691. The highest BCUT2D eigenvalue weighted by Crippen LogP contribution is 2.16. The number of nitrogens with zero attached hydrogens (tertiary/aromatic N) is 2. The van der Waals surface area contributed by atoms with Gasteiger partial charge in [0.25, 0.3) is 0 Å². The van der Waals surface area contributed by atoms with Gasteiger partial charge < -0.3 is 10.1 Å². The molecule has 0 aromatic carbocycles. The van der Waals surface area contributed by atoms with Gasteiger partial charge in [-0.1, -0.05) is 18.5 Å². The van der Waals surface area contributed by atoms with Crippen LogP contribution in [-0.4, -0.2) is 36.6 Å². The molecule has 0 unspecified atom stereocenters. The van der Waals surface area contributed by atoms with Crippen LogP contribution in [0.15, 0.2) is 6.20 Å². The van der Waals surface area contributed by atoms with Gasteiger partial charge in [0.15, 0.2) is 0 Å². The summed E-state index contributed by atoms with van der Waals surface area (Å²) in [5, 5.41) is 8.39. The van der Waals surface area contributed by atoms with E-state index in [-0.39, 0.29) is 0 Å². The summed E-state index contributed by atoms with van der Waals surface area (Å²) >= 11 is 6.12. The number of aromatic nitrogens is 2. The summed E-state index contributed by atoms with van der Waals surface area (Å²) in [5.41, 5.74) is 1.15. The lowest BCUT2D eigenvalue weighted by Gasteiger charge is -2.07. The highest BCUT2D eigenvalue weighted by atomic mass is 35.5. The standard InChI is InChI=1S/C12H22ClN3O/c1-3-8-16-12(11(13)10-15-16)5-4-6-14-7-9-17-2/h10,14H,3-9H2,1-2H3. The molecular formula is C12H22ClN3O. The number of rotatable bonds is 9. The number of nitrogens with one attached hydrogen (secondary N) is 1. The average molecular weight is 260 g/mol. The van der Waals surface area contributed by atoms with Gasteiger partial charge in [-0.15, -0.1) is 0 Å². The minimum Gasteiger partial charge on any atom is -0.383 e. The van der Waals surface area contributed by atoms with Gasteiger partial charge in [-0.3, -0.25) is 4.68 Å². The van der Waals surface area contributed by atoms with E-state index in [1.807, 2.05) is 4.68 Å². The van der Waals surface area contributed by atoms with Crippen molar-refractivity contribution < 1.29 is 4.74 Å². The van der Waals surface area contributed by atoms with Crippen LogP contribution in [0.1, 0.15) is 25.5 Å². The minimum atomic E-state index is 0.758. The molecule has 0 aliphatic carbocycles. The summed E-state index contributed by atoms with van der Waals surface area (Å²) in [6, 6.07) is 0. The fraction of sp³-hybridized carbons (Fsp3) is 0.750. The highest BCUT2D eigenvalue weighted by molar-refractivity contribution is 6.31. The molecule has 0 aliphatic rings. The fourth-order valence-corrected chi connectivity index (χ4v) is 1.96. The van der Waals surface area contributed by atoms with Gasteiger partial charge in [0, 0.05) is 20.2 Å². The molecule has 0 bridgehead atoms. The topological polar surface area (TPSA) is 39.1 Å². The molecule has 0 radical (unpaired) electrons. The minimum absolute atomic E-state index is 0.758. The third-order valence-electron chi connectivity index (χ3n) is 2.58. The summed E-state index contributed by atoms with van der Waals surface area (Å²) in [7, 11) is 1.71. The number of hydrogen-bond acceptors (Lipinski definition) is 3. The first-order chi connectivity index (χ1) is 8.29. The van der Waals surface area contributed by atoms with Crippen LogP contribution in [0, 0.1) is 0 Å². The first-order valence-electron chi connectivity index (χ1n) is 6.19. The SMILES string of the molecule is CCCn1ncc(Cl)c1CCCNCCOC. The Kier molecular flexibility index (Phi) is 7.24. The molecule has 0 aliphatic heterocycles. The van der Waals surface area contributed by atoms with E-state index in [1.165, 1.54) is 0 Å². The predicted octanol–water partition coefficient (Wildman–Crippen LogP) is 2.12. The second-order valence-corrected chi connectivity index (χ2v) is 4.42. The zero-order valence-corrected chi connectivity index (χ0v) is 11.5. The van der Waals surface area contributed by atoms with Crippen LogP contribution in [0.5, 0.6) is 0 Å².